The molecule has 138 valence electrons. The fourth-order valence-corrected chi connectivity index (χ4v) is 4.68. The molecule has 2 aromatic carbocycles. The van der Waals surface area contributed by atoms with Gasteiger partial charge in [-0.2, -0.15) is 0 Å². The van der Waals surface area contributed by atoms with Gasteiger partial charge in [0.2, 0.25) is 0 Å². The second-order valence-electron chi connectivity index (χ2n) is 6.78. The third kappa shape index (κ3) is 2.49. The molecule has 0 aliphatic carbocycles. The molecule has 0 unspecified atom stereocenters. The van der Waals surface area contributed by atoms with Gasteiger partial charge in [-0.3, -0.25) is 4.79 Å². The Bertz CT molecular complexity index is 1480. The first-order valence-corrected chi connectivity index (χ1v) is 9.71. The van der Waals surface area contributed by atoms with E-state index in [2.05, 4.69) is 4.98 Å². The zero-order valence-corrected chi connectivity index (χ0v) is 16.1. The van der Waals surface area contributed by atoms with Gasteiger partial charge in [0.1, 0.15) is 5.82 Å². The Morgan fingerprint density at radius 2 is 1.89 bits per heavy atom. The number of thiazole rings is 1. The quantitative estimate of drug-likeness (QED) is 0.458. The number of rotatable bonds is 2. The maximum atomic E-state index is 13.7. The molecule has 0 amide bonds. The number of para-hydroxylation sites is 2. The SMILES string of the molecule is Cc1cc(C=c2sc3nc4ccccc4n3c2=O)c(C)n1-c1cccc(F)c1. The highest BCUT2D eigenvalue weighted by molar-refractivity contribution is 7.15. The van der Waals surface area contributed by atoms with Crippen LogP contribution in [0.3, 0.4) is 0 Å². The first-order chi connectivity index (χ1) is 13.5. The number of hydrogen-bond donors (Lipinski definition) is 0. The molecular formula is C22H16FN3OS. The molecule has 0 atom stereocenters. The normalized spacial score (nSPS) is 12.5. The van der Waals surface area contributed by atoms with Crippen LogP contribution in [0.4, 0.5) is 4.39 Å². The van der Waals surface area contributed by atoms with E-state index in [0.717, 1.165) is 33.7 Å². The minimum absolute atomic E-state index is 0.0655. The third-order valence-electron chi connectivity index (χ3n) is 4.97. The first-order valence-electron chi connectivity index (χ1n) is 8.89. The number of benzene rings is 2. The Balaban J connectivity index is 1.71. The van der Waals surface area contributed by atoms with Gasteiger partial charge in [-0.05, 0) is 61.9 Å². The van der Waals surface area contributed by atoms with Gasteiger partial charge in [0.15, 0.2) is 4.96 Å². The summed E-state index contributed by atoms with van der Waals surface area (Å²) in [5.41, 5.74) is 5.22. The second kappa shape index (κ2) is 6.14. The number of halogens is 1. The Labute approximate surface area is 163 Å². The monoisotopic (exact) mass is 389 g/mol. The highest BCUT2D eigenvalue weighted by Crippen LogP contribution is 2.22. The zero-order chi connectivity index (χ0) is 19.4. The summed E-state index contributed by atoms with van der Waals surface area (Å²) < 4.78 is 18.0. The fourth-order valence-electron chi connectivity index (χ4n) is 3.70. The number of aryl methyl sites for hydroxylation is 1. The minimum Gasteiger partial charge on any atom is -0.318 e. The van der Waals surface area contributed by atoms with Crippen molar-refractivity contribution < 1.29 is 4.39 Å². The molecule has 6 heteroatoms. The number of hydrogen-bond acceptors (Lipinski definition) is 3. The van der Waals surface area contributed by atoms with Crippen LogP contribution >= 0.6 is 11.3 Å². The van der Waals surface area contributed by atoms with Crippen LogP contribution in [0.25, 0.3) is 27.8 Å². The Hall–Kier alpha value is -3.25. The van der Waals surface area contributed by atoms with E-state index >= 15 is 0 Å². The van der Waals surface area contributed by atoms with Crippen molar-refractivity contribution in [2.45, 2.75) is 13.8 Å². The molecule has 0 aliphatic heterocycles. The van der Waals surface area contributed by atoms with Gasteiger partial charge in [-0.25, -0.2) is 13.8 Å². The smallest absolute Gasteiger partial charge is 0.274 e. The van der Waals surface area contributed by atoms with E-state index in [4.69, 9.17) is 0 Å². The Kier molecular flexibility index (Phi) is 3.70. The average Bonchev–Trinajstić information content (AvgIpc) is 3.27. The summed E-state index contributed by atoms with van der Waals surface area (Å²) >= 11 is 1.38. The van der Waals surface area contributed by atoms with Gasteiger partial charge in [0.25, 0.3) is 5.56 Å². The molecule has 0 bridgehead atoms. The van der Waals surface area contributed by atoms with Gasteiger partial charge in [0.05, 0.1) is 15.6 Å². The predicted molar refractivity (Wildman–Crippen MR) is 111 cm³/mol. The number of aromatic nitrogens is 3. The van der Waals surface area contributed by atoms with E-state index in [9.17, 15) is 9.18 Å². The molecule has 0 radical (unpaired) electrons. The molecular weight excluding hydrogens is 373 g/mol. The van der Waals surface area contributed by atoms with Crippen molar-refractivity contribution >= 4 is 33.4 Å². The van der Waals surface area contributed by atoms with Crippen LogP contribution in [-0.2, 0) is 0 Å². The van der Waals surface area contributed by atoms with E-state index < -0.39 is 0 Å². The summed E-state index contributed by atoms with van der Waals surface area (Å²) in [6.45, 7) is 3.95. The first kappa shape index (κ1) is 16.9. The number of fused-ring (bicyclic) bond motifs is 3. The van der Waals surface area contributed by atoms with E-state index in [-0.39, 0.29) is 11.4 Å². The van der Waals surface area contributed by atoms with E-state index in [1.807, 2.05) is 60.9 Å². The van der Waals surface area contributed by atoms with Gasteiger partial charge in [0, 0.05) is 17.1 Å². The molecule has 28 heavy (non-hydrogen) atoms. The predicted octanol–water partition coefficient (Wildman–Crippen LogP) is 4.00. The van der Waals surface area contributed by atoms with Crippen molar-refractivity contribution in [1.29, 1.82) is 0 Å². The average molecular weight is 389 g/mol. The summed E-state index contributed by atoms with van der Waals surface area (Å²) in [6, 6.07) is 16.2. The third-order valence-corrected chi connectivity index (χ3v) is 5.94. The lowest BCUT2D eigenvalue weighted by atomic mass is 10.2. The van der Waals surface area contributed by atoms with Crippen LogP contribution in [-0.4, -0.2) is 14.0 Å². The maximum Gasteiger partial charge on any atom is 0.274 e. The molecule has 4 nitrogen and oxygen atoms in total. The van der Waals surface area contributed by atoms with Crippen LogP contribution in [0, 0.1) is 19.7 Å². The fraction of sp³-hybridized carbons (Fsp3) is 0.0909. The maximum absolute atomic E-state index is 13.7. The molecule has 5 rings (SSSR count). The molecule has 3 heterocycles. The standard InChI is InChI=1S/C22H16FN3OS/c1-13-10-15(14(2)25(13)17-7-5-6-16(23)12-17)11-20-21(27)26-19-9-4-3-8-18(19)24-22(26)28-20/h3-12H,1-2H3. The van der Waals surface area contributed by atoms with E-state index in [1.165, 1.54) is 23.5 Å². The highest BCUT2D eigenvalue weighted by Gasteiger charge is 2.13. The van der Waals surface area contributed by atoms with Crippen LogP contribution in [0.2, 0.25) is 0 Å². The summed E-state index contributed by atoms with van der Waals surface area (Å²) in [5.74, 6) is -0.274. The zero-order valence-electron chi connectivity index (χ0n) is 15.3. The Morgan fingerprint density at radius 3 is 2.71 bits per heavy atom. The van der Waals surface area contributed by atoms with Crippen molar-refractivity contribution in [3.05, 3.63) is 92.3 Å². The second-order valence-corrected chi connectivity index (χ2v) is 7.79. The topological polar surface area (TPSA) is 39.3 Å². The summed E-state index contributed by atoms with van der Waals surface area (Å²) in [6.07, 6.45) is 1.90. The van der Waals surface area contributed by atoms with Crippen molar-refractivity contribution in [3.8, 4) is 5.69 Å². The van der Waals surface area contributed by atoms with Crippen molar-refractivity contribution in [3.63, 3.8) is 0 Å². The summed E-state index contributed by atoms with van der Waals surface area (Å²) in [5, 5.41) is 0. The number of imidazole rings is 1. The molecule has 3 aromatic heterocycles. The molecule has 0 saturated carbocycles. The molecule has 0 saturated heterocycles. The van der Waals surface area contributed by atoms with Crippen LogP contribution in [0.1, 0.15) is 17.0 Å². The molecule has 0 spiro atoms. The summed E-state index contributed by atoms with van der Waals surface area (Å²) in [7, 11) is 0. The minimum atomic E-state index is -0.274. The van der Waals surface area contributed by atoms with Crippen molar-refractivity contribution in [1.82, 2.24) is 14.0 Å². The largest absolute Gasteiger partial charge is 0.318 e. The lowest BCUT2D eigenvalue weighted by Crippen LogP contribution is -2.22. The van der Waals surface area contributed by atoms with Gasteiger partial charge < -0.3 is 4.57 Å². The van der Waals surface area contributed by atoms with Gasteiger partial charge in [-0.1, -0.05) is 29.5 Å². The lowest BCUT2D eigenvalue weighted by Gasteiger charge is -2.09. The molecule has 0 N–H and O–H groups in total. The van der Waals surface area contributed by atoms with Gasteiger partial charge >= 0.3 is 0 Å². The van der Waals surface area contributed by atoms with Crippen molar-refractivity contribution in [2.75, 3.05) is 0 Å². The van der Waals surface area contributed by atoms with E-state index in [1.54, 1.807) is 10.5 Å². The van der Waals surface area contributed by atoms with Crippen molar-refractivity contribution in [2.24, 2.45) is 0 Å². The Morgan fingerprint density at radius 1 is 1.07 bits per heavy atom. The summed E-state index contributed by atoms with van der Waals surface area (Å²) in [4.78, 5) is 18.2. The van der Waals surface area contributed by atoms with E-state index in [0.29, 0.717) is 9.49 Å². The lowest BCUT2D eigenvalue weighted by molar-refractivity contribution is 0.626. The highest BCUT2D eigenvalue weighted by atomic mass is 32.1. The van der Waals surface area contributed by atoms with Crippen LogP contribution in [0.15, 0.2) is 59.4 Å². The van der Waals surface area contributed by atoms with Crippen LogP contribution in [0.5, 0.6) is 0 Å². The van der Waals surface area contributed by atoms with Crippen LogP contribution < -0.4 is 10.1 Å². The molecule has 5 aromatic rings. The number of nitrogens with zero attached hydrogens (tertiary/aromatic N) is 3. The van der Waals surface area contributed by atoms with Gasteiger partial charge in [-0.15, -0.1) is 0 Å². The molecule has 0 fully saturated rings. The molecule has 0 aliphatic rings.